The molecule has 0 saturated carbocycles. The Kier molecular flexibility index (Phi) is 6.16. The molecule has 1 aliphatic heterocycles. The Hall–Kier alpha value is -1.53. The lowest BCUT2D eigenvalue weighted by atomic mass is 10.2. The van der Waals surface area contributed by atoms with E-state index in [2.05, 4.69) is 33.9 Å². The average molecular weight is 366 g/mol. The summed E-state index contributed by atoms with van der Waals surface area (Å²) in [5.74, 6) is 0.802. The highest BCUT2D eigenvalue weighted by Gasteiger charge is 2.38. The molecule has 140 valence electrons. The van der Waals surface area contributed by atoms with Gasteiger partial charge in [0, 0.05) is 12.3 Å². The predicted molar refractivity (Wildman–Crippen MR) is 103 cm³/mol. The number of rotatable bonds is 7. The molecule has 0 aromatic heterocycles. The third-order valence-corrected chi connectivity index (χ3v) is 9.65. The highest BCUT2D eigenvalue weighted by Crippen LogP contribution is 2.37. The van der Waals surface area contributed by atoms with Gasteiger partial charge < -0.3 is 13.9 Å². The van der Waals surface area contributed by atoms with Gasteiger partial charge in [0.15, 0.2) is 8.32 Å². The first-order valence-electron chi connectivity index (χ1n) is 8.98. The zero-order valence-electron chi connectivity index (χ0n) is 16.3. The molecular weight excluding hydrogens is 334 g/mol. The smallest absolute Gasteiger partial charge is 0.414 e. The summed E-state index contributed by atoms with van der Waals surface area (Å²) in [6.45, 7) is 14.8. The van der Waals surface area contributed by atoms with E-state index in [1.54, 1.807) is 4.90 Å². The van der Waals surface area contributed by atoms with Crippen molar-refractivity contribution < 1.29 is 18.7 Å². The normalized spacial score (nSPS) is 18.4. The summed E-state index contributed by atoms with van der Waals surface area (Å²) in [5, 5.41) is 0.184. The molecule has 1 saturated heterocycles. The molecule has 0 aliphatic carbocycles. The van der Waals surface area contributed by atoms with Crippen LogP contribution in [0.5, 0.6) is 5.75 Å². The molecule has 1 aliphatic rings. The summed E-state index contributed by atoms with van der Waals surface area (Å²) in [6, 6.07) is 7.58. The molecule has 0 spiro atoms. The number of nitrogens with zero attached hydrogens (tertiary/aromatic N) is 1. The van der Waals surface area contributed by atoms with Crippen molar-refractivity contribution in [2.75, 3.05) is 24.7 Å². The molecule has 0 N–H and O–H groups in total. The zero-order chi connectivity index (χ0) is 18.7. The summed E-state index contributed by atoms with van der Waals surface area (Å²) in [4.78, 5) is 13.9. The Balaban J connectivity index is 1.99. The van der Waals surface area contributed by atoms with Gasteiger partial charge in [0.05, 0.1) is 12.6 Å². The van der Waals surface area contributed by atoms with Gasteiger partial charge >= 0.3 is 6.09 Å². The highest BCUT2D eigenvalue weighted by atomic mass is 28.4. The Labute approximate surface area is 152 Å². The fraction of sp³-hybridized carbons (Fsp3) is 0.632. The van der Waals surface area contributed by atoms with Crippen molar-refractivity contribution >= 4 is 20.1 Å². The van der Waals surface area contributed by atoms with Crippen LogP contribution < -0.4 is 9.64 Å². The summed E-state index contributed by atoms with van der Waals surface area (Å²) in [6.07, 6.45) is 0.479. The van der Waals surface area contributed by atoms with Crippen molar-refractivity contribution in [3.05, 3.63) is 24.3 Å². The van der Waals surface area contributed by atoms with Crippen molar-refractivity contribution in [1.82, 2.24) is 0 Å². The first kappa shape index (κ1) is 19.8. The number of carbonyl (C=O) groups is 1. The maximum absolute atomic E-state index is 12.2. The molecule has 1 atom stereocenters. The Morgan fingerprint density at radius 3 is 2.44 bits per heavy atom. The lowest BCUT2D eigenvalue weighted by molar-refractivity contribution is 0.177. The van der Waals surface area contributed by atoms with Gasteiger partial charge in [-0.3, -0.25) is 4.90 Å². The molecule has 6 heteroatoms. The van der Waals surface area contributed by atoms with Crippen LogP contribution in [0.3, 0.4) is 0 Å². The van der Waals surface area contributed by atoms with Crippen molar-refractivity contribution in [2.24, 2.45) is 0 Å². The highest BCUT2D eigenvalue weighted by molar-refractivity contribution is 6.74. The quantitative estimate of drug-likeness (QED) is 0.650. The van der Waals surface area contributed by atoms with E-state index in [0.717, 1.165) is 17.9 Å². The van der Waals surface area contributed by atoms with E-state index in [4.69, 9.17) is 13.9 Å². The van der Waals surface area contributed by atoms with Crippen molar-refractivity contribution in [3.8, 4) is 5.75 Å². The van der Waals surface area contributed by atoms with Crippen LogP contribution in [0.1, 0.15) is 34.1 Å². The van der Waals surface area contributed by atoms with Crippen LogP contribution in [0.25, 0.3) is 0 Å². The lowest BCUT2D eigenvalue weighted by Gasteiger charge is -2.36. The molecule has 1 aromatic carbocycles. The number of carbonyl (C=O) groups excluding carboxylic acids is 1. The molecule has 1 fully saturated rings. The van der Waals surface area contributed by atoms with Crippen LogP contribution in [0.2, 0.25) is 18.1 Å². The Morgan fingerprint density at radius 2 is 1.88 bits per heavy atom. The molecule has 1 unspecified atom stereocenters. The van der Waals surface area contributed by atoms with E-state index in [-0.39, 0.29) is 17.2 Å². The molecule has 25 heavy (non-hydrogen) atoms. The number of ether oxygens (including phenoxy) is 2. The van der Waals surface area contributed by atoms with E-state index in [9.17, 15) is 4.79 Å². The van der Waals surface area contributed by atoms with Gasteiger partial charge in [-0.15, -0.1) is 0 Å². The summed E-state index contributed by atoms with van der Waals surface area (Å²) in [7, 11) is -1.77. The van der Waals surface area contributed by atoms with E-state index >= 15 is 0 Å². The summed E-state index contributed by atoms with van der Waals surface area (Å²) in [5.41, 5.74) is 0.836. The monoisotopic (exact) mass is 365 g/mol. The molecule has 1 aromatic rings. The van der Waals surface area contributed by atoms with Crippen LogP contribution in [-0.4, -0.2) is 40.3 Å². The molecule has 2 rings (SSSR count). The lowest BCUT2D eigenvalue weighted by Crippen LogP contribution is -2.42. The number of amides is 1. The number of cyclic esters (lactones) is 1. The van der Waals surface area contributed by atoms with Crippen LogP contribution in [-0.2, 0) is 9.16 Å². The van der Waals surface area contributed by atoms with E-state index in [1.165, 1.54) is 0 Å². The first-order chi connectivity index (χ1) is 11.7. The summed E-state index contributed by atoms with van der Waals surface area (Å²) < 4.78 is 17.0. The second-order valence-electron chi connectivity index (χ2n) is 7.93. The van der Waals surface area contributed by atoms with Gasteiger partial charge in [-0.2, -0.15) is 0 Å². The van der Waals surface area contributed by atoms with E-state index in [0.29, 0.717) is 19.8 Å². The third kappa shape index (κ3) is 4.76. The van der Waals surface area contributed by atoms with Crippen LogP contribution in [0, 0.1) is 0 Å². The topological polar surface area (TPSA) is 48.0 Å². The molecule has 5 nitrogen and oxygen atoms in total. The maximum Gasteiger partial charge on any atom is 0.414 e. The maximum atomic E-state index is 12.2. The van der Waals surface area contributed by atoms with Crippen molar-refractivity contribution in [2.45, 2.75) is 58.3 Å². The fourth-order valence-corrected chi connectivity index (χ4v) is 3.59. The van der Waals surface area contributed by atoms with Gasteiger partial charge in [0.1, 0.15) is 12.4 Å². The molecular formula is C19H31NO4Si. The minimum atomic E-state index is -1.77. The second kappa shape index (κ2) is 7.79. The molecule has 0 radical (unpaired) electrons. The Bertz CT molecular complexity index is 580. The predicted octanol–water partition coefficient (Wildman–Crippen LogP) is 4.82. The molecule has 0 bridgehead atoms. The SMILES string of the molecule is CCOc1ccc(N2C(=O)OCC2CCO[Si](C)(C)C(C)(C)C)cc1. The van der Waals surface area contributed by atoms with Crippen molar-refractivity contribution in [1.29, 1.82) is 0 Å². The third-order valence-electron chi connectivity index (χ3n) is 5.11. The minimum absolute atomic E-state index is 0.00946. The molecule has 1 amide bonds. The van der Waals surface area contributed by atoms with E-state index < -0.39 is 8.32 Å². The van der Waals surface area contributed by atoms with Crippen LogP contribution in [0.4, 0.5) is 10.5 Å². The van der Waals surface area contributed by atoms with Gasteiger partial charge in [0.25, 0.3) is 0 Å². The van der Waals surface area contributed by atoms with Crippen LogP contribution >= 0.6 is 0 Å². The standard InChI is InChI=1S/C19H31NO4Si/c1-7-22-17-10-8-15(9-11-17)20-16(14-23-18(20)21)12-13-24-25(5,6)19(2,3)4/h8-11,16H,7,12-14H2,1-6H3. The average Bonchev–Trinajstić information content (AvgIpc) is 2.88. The van der Waals surface area contributed by atoms with Crippen molar-refractivity contribution in [3.63, 3.8) is 0 Å². The van der Waals surface area contributed by atoms with Gasteiger partial charge in [0.2, 0.25) is 0 Å². The summed E-state index contributed by atoms with van der Waals surface area (Å²) >= 11 is 0. The second-order valence-corrected chi connectivity index (χ2v) is 12.7. The van der Waals surface area contributed by atoms with Gasteiger partial charge in [-0.1, -0.05) is 20.8 Å². The number of hydrogen-bond acceptors (Lipinski definition) is 4. The number of anilines is 1. The van der Waals surface area contributed by atoms with E-state index in [1.807, 2.05) is 31.2 Å². The zero-order valence-corrected chi connectivity index (χ0v) is 17.3. The number of hydrogen-bond donors (Lipinski definition) is 0. The minimum Gasteiger partial charge on any atom is -0.494 e. The first-order valence-corrected chi connectivity index (χ1v) is 11.9. The largest absolute Gasteiger partial charge is 0.494 e. The van der Waals surface area contributed by atoms with Gasteiger partial charge in [-0.05, 0) is 55.7 Å². The number of benzene rings is 1. The van der Waals surface area contributed by atoms with Crippen LogP contribution in [0.15, 0.2) is 24.3 Å². The van der Waals surface area contributed by atoms with Gasteiger partial charge in [-0.25, -0.2) is 4.79 Å². The molecule has 1 heterocycles. The Morgan fingerprint density at radius 1 is 1.24 bits per heavy atom. The fourth-order valence-electron chi connectivity index (χ4n) is 2.53.